The van der Waals surface area contributed by atoms with Crippen LogP contribution in [0.3, 0.4) is 0 Å². The van der Waals surface area contributed by atoms with E-state index in [2.05, 4.69) is 16.0 Å². The molecule has 8 nitrogen and oxygen atoms in total. The summed E-state index contributed by atoms with van der Waals surface area (Å²) in [5.74, 6) is -0.0176. The average molecular weight is 429 g/mol. The number of benzene rings is 2. The Kier molecular flexibility index (Phi) is 6.92. The highest BCUT2D eigenvalue weighted by Gasteiger charge is 2.14. The van der Waals surface area contributed by atoms with Gasteiger partial charge in [0.05, 0.1) is 31.2 Å². The number of amides is 2. The number of hydrogen-bond donors (Lipinski definition) is 2. The highest BCUT2D eigenvalue weighted by Crippen LogP contribution is 2.28. The van der Waals surface area contributed by atoms with E-state index in [0.717, 1.165) is 6.42 Å². The third kappa shape index (κ3) is 5.09. The zero-order valence-corrected chi connectivity index (χ0v) is 17.3. The fourth-order valence-electron chi connectivity index (χ4n) is 2.60. The van der Waals surface area contributed by atoms with Crippen molar-refractivity contribution in [2.75, 3.05) is 13.7 Å². The van der Waals surface area contributed by atoms with Gasteiger partial charge in [-0.15, -0.1) is 0 Å². The molecule has 30 heavy (non-hydrogen) atoms. The summed E-state index contributed by atoms with van der Waals surface area (Å²) in [4.78, 5) is 24.7. The molecule has 0 unspecified atom stereocenters. The molecule has 1 aromatic heterocycles. The van der Waals surface area contributed by atoms with E-state index in [1.54, 1.807) is 36.4 Å². The van der Waals surface area contributed by atoms with Crippen LogP contribution < -0.4 is 20.3 Å². The molecule has 3 aromatic rings. The van der Waals surface area contributed by atoms with E-state index in [9.17, 15) is 9.59 Å². The van der Waals surface area contributed by atoms with Gasteiger partial charge in [-0.3, -0.25) is 20.4 Å². The van der Waals surface area contributed by atoms with Crippen LogP contribution in [0.4, 0.5) is 0 Å². The fraction of sp³-hybridized carbons (Fsp3) is 0.190. The molecule has 0 aliphatic carbocycles. The zero-order valence-electron chi connectivity index (χ0n) is 16.5. The number of carbonyl (C=O) groups is 2. The SMILES string of the molecule is CCCOc1ccc(C(=O)NNC(=O)c2cnn(-c3cccc(Cl)c3)c2)cc1OC. The van der Waals surface area contributed by atoms with Gasteiger partial charge in [0.2, 0.25) is 0 Å². The summed E-state index contributed by atoms with van der Waals surface area (Å²) < 4.78 is 12.4. The maximum atomic E-state index is 12.4. The Hall–Kier alpha value is -3.52. The molecule has 0 atom stereocenters. The lowest BCUT2D eigenvalue weighted by Gasteiger charge is -2.12. The van der Waals surface area contributed by atoms with E-state index in [-0.39, 0.29) is 5.56 Å². The van der Waals surface area contributed by atoms with E-state index in [1.807, 2.05) is 13.0 Å². The van der Waals surface area contributed by atoms with Crippen LogP contribution in [-0.4, -0.2) is 35.3 Å². The van der Waals surface area contributed by atoms with Gasteiger partial charge in [-0.05, 0) is 42.8 Å². The summed E-state index contributed by atoms with van der Waals surface area (Å²) in [6.07, 6.45) is 3.78. The van der Waals surface area contributed by atoms with Gasteiger partial charge in [0.25, 0.3) is 11.8 Å². The van der Waals surface area contributed by atoms with Crippen molar-refractivity contribution >= 4 is 23.4 Å². The maximum Gasteiger partial charge on any atom is 0.272 e. The van der Waals surface area contributed by atoms with E-state index < -0.39 is 11.8 Å². The minimum absolute atomic E-state index is 0.274. The molecule has 2 aromatic carbocycles. The van der Waals surface area contributed by atoms with Gasteiger partial charge in [-0.1, -0.05) is 24.6 Å². The number of rotatable bonds is 7. The van der Waals surface area contributed by atoms with E-state index >= 15 is 0 Å². The first-order valence-electron chi connectivity index (χ1n) is 9.24. The molecule has 9 heteroatoms. The summed E-state index contributed by atoms with van der Waals surface area (Å²) in [5, 5.41) is 4.70. The van der Waals surface area contributed by atoms with Crippen molar-refractivity contribution in [1.29, 1.82) is 0 Å². The lowest BCUT2D eigenvalue weighted by Crippen LogP contribution is -2.41. The Labute approximate surface area is 178 Å². The first-order valence-corrected chi connectivity index (χ1v) is 9.61. The van der Waals surface area contributed by atoms with Gasteiger partial charge in [0.1, 0.15) is 0 Å². The molecule has 0 fully saturated rings. The van der Waals surface area contributed by atoms with Crippen LogP contribution in [0.15, 0.2) is 54.9 Å². The minimum Gasteiger partial charge on any atom is -0.493 e. The molecule has 0 saturated carbocycles. The quantitative estimate of drug-likeness (QED) is 0.562. The first kappa shape index (κ1) is 21.2. The normalized spacial score (nSPS) is 10.4. The average Bonchev–Trinajstić information content (AvgIpc) is 3.26. The highest BCUT2D eigenvalue weighted by atomic mass is 35.5. The van der Waals surface area contributed by atoms with Gasteiger partial charge in [-0.2, -0.15) is 5.10 Å². The van der Waals surface area contributed by atoms with Crippen LogP contribution in [0.25, 0.3) is 5.69 Å². The summed E-state index contributed by atoms with van der Waals surface area (Å²) in [7, 11) is 1.50. The molecular weight excluding hydrogens is 408 g/mol. The monoisotopic (exact) mass is 428 g/mol. The van der Waals surface area contributed by atoms with Crippen molar-refractivity contribution in [1.82, 2.24) is 20.6 Å². The maximum absolute atomic E-state index is 12.4. The van der Waals surface area contributed by atoms with Crippen molar-refractivity contribution in [3.05, 3.63) is 71.0 Å². The molecular formula is C21H21ClN4O4. The number of carbonyl (C=O) groups excluding carboxylic acids is 2. The number of hydrogen-bond acceptors (Lipinski definition) is 5. The summed E-state index contributed by atoms with van der Waals surface area (Å²) in [6, 6.07) is 11.8. The van der Waals surface area contributed by atoms with Crippen molar-refractivity contribution in [3.8, 4) is 17.2 Å². The summed E-state index contributed by atoms with van der Waals surface area (Å²) >= 11 is 5.98. The minimum atomic E-state index is -0.508. The molecule has 2 amide bonds. The molecule has 2 N–H and O–H groups in total. The van der Waals surface area contributed by atoms with Gasteiger partial charge in [-0.25, -0.2) is 4.68 Å². The van der Waals surface area contributed by atoms with Crippen molar-refractivity contribution in [3.63, 3.8) is 0 Å². The van der Waals surface area contributed by atoms with Crippen LogP contribution in [0.5, 0.6) is 11.5 Å². The topological polar surface area (TPSA) is 94.5 Å². The predicted molar refractivity (Wildman–Crippen MR) is 112 cm³/mol. The lowest BCUT2D eigenvalue weighted by molar-refractivity contribution is 0.0846. The molecule has 3 rings (SSSR count). The number of nitrogens with zero attached hydrogens (tertiary/aromatic N) is 2. The molecule has 0 aliphatic rings. The lowest BCUT2D eigenvalue weighted by atomic mass is 10.2. The van der Waals surface area contributed by atoms with Crippen LogP contribution in [0.2, 0.25) is 5.02 Å². The molecule has 0 saturated heterocycles. The summed E-state index contributed by atoms with van der Waals surface area (Å²) in [5.41, 5.74) is 6.04. The van der Waals surface area contributed by atoms with Crippen molar-refractivity contribution in [2.24, 2.45) is 0 Å². The highest BCUT2D eigenvalue weighted by molar-refractivity contribution is 6.30. The standard InChI is InChI=1S/C21H21ClN4O4/c1-3-9-30-18-8-7-14(10-19(18)29-2)20(27)24-25-21(28)15-12-23-26(13-15)17-6-4-5-16(22)11-17/h4-8,10-13H,3,9H2,1-2H3,(H,24,27)(H,25,28). The van der Waals surface area contributed by atoms with Crippen molar-refractivity contribution in [2.45, 2.75) is 13.3 Å². The van der Waals surface area contributed by atoms with Gasteiger partial charge in [0, 0.05) is 16.8 Å². The zero-order chi connectivity index (χ0) is 21.5. The molecule has 1 heterocycles. The van der Waals surface area contributed by atoms with E-state index in [1.165, 1.54) is 24.2 Å². The third-order valence-corrected chi connectivity index (χ3v) is 4.33. The number of halogens is 1. The molecule has 0 spiro atoms. The van der Waals surface area contributed by atoms with E-state index in [0.29, 0.717) is 34.4 Å². The number of aromatic nitrogens is 2. The third-order valence-electron chi connectivity index (χ3n) is 4.09. The largest absolute Gasteiger partial charge is 0.493 e. The van der Waals surface area contributed by atoms with Gasteiger partial charge < -0.3 is 9.47 Å². The van der Waals surface area contributed by atoms with Crippen LogP contribution in [-0.2, 0) is 0 Å². The van der Waals surface area contributed by atoms with Crippen molar-refractivity contribution < 1.29 is 19.1 Å². The molecule has 156 valence electrons. The molecule has 0 bridgehead atoms. The Morgan fingerprint density at radius 3 is 2.53 bits per heavy atom. The van der Waals surface area contributed by atoms with Crippen LogP contribution >= 0.6 is 11.6 Å². The second-order valence-corrected chi connectivity index (χ2v) is 6.71. The molecule has 0 aliphatic heterocycles. The predicted octanol–water partition coefficient (Wildman–Crippen LogP) is 3.40. The van der Waals surface area contributed by atoms with Gasteiger partial charge >= 0.3 is 0 Å². The Balaban J connectivity index is 1.63. The van der Waals surface area contributed by atoms with Crippen LogP contribution in [0, 0.1) is 0 Å². The second-order valence-electron chi connectivity index (χ2n) is 6.28. The smallest absolute Gasteiger partial charge is 0.272 e. The Morgan fingerprint density at radius 1 is 1.07 bits per heavy atom. The number of ether oxygens (including phenoxy) is 2. The molecule has 0 radical (unpaired) electrons. The number of methoxy groups -OCH3 is 1. The second kappa shape index (κ2) is 9.80. The Morgan fingerprint density at radius 2 is 1.83 bits per heavy atom. The fourth-order valence-corrected chi connectivity index (χ4v) is 2.78. The number of nitrogens with one attached hydrogen (secondary N) is 2. The summed E-state index contributed by atoms with van der Waals surface area (Å²) in [6.45, 7) is 2.54. The van der Waals surface area contributed by atoms with E-state index in [4.69, 9.17) is 21.1 Å². The van der Waals surface area contributed by atoms with Gasteiger partial charge in [0.15, 0.2) is 11.5 Å². The Bertz CT molecular complexity index is 1050. The number of hydrazine groups is 1. The first-order chi connectivity index (χ1) is 14.5. The van der Waals surface area contributed by atoms with Crippen LogP contribution in [0.1, 0.15) is 34.1 Å².